The maximum atomic E-state index is 5.88. The van der Waals surface area contributed by atoms with E-state index < -0.39 is 0 Å². The highest BCUT2D eigenvalue weighted by Gasteiger charge is 2.23. The number of nitrogens with zero attached hydrogens (tertiary/aromatic N) is 1. The Morgan fingerprint density at radius 3 is 1.86 bits per heavy atom. The van der Waals surface area contributed by atoms with E-state index in [1.165, 1.54) is 19.3 Å². The molecule has 2 N–H and O–H groups in total. The first-order chi connectivity index (χ1) is 6.62. The lowest BCUT2D eigenvalue weighted by molar-refractivity contribution is 0.128. The summed E-state index contributed by atoms with van der Waals surface area (Å²) in [6.45, 7) is 9.84. The highest BCUT2D eigenvalue weighted by atomic mass is 15.2. The average Bonchev–Trinajstić information content (AvgIpc) is 2.23. The van der Waals surface area contributed by atoms with Gasteiger partial charge in [-0.1, -0.05) is 33.6 Å². The summed E-state index contributed by atoms with van der Waals surface area (Å²) in [7, 11) is 2.21. The molecule has 2 nitrogen and oxygen atoms in total. The molecule has 0 amide bonds. The average molecular weight is 200 g/mol. The Bertz CT molecular complexity index is 132. The first-order valence-electron chi connectivity index (χ1n) is 6.04. The number of likely N-dealkylation sites (N-methyl/N-ethyl adjacent to an activating group) is 1. The number of nitrogens with two attached hydrogens (primary N) is 1. The highest BCUT2D eigenvalue weighted by molar-refractivity contribution is 4.79. The third-order valence-corrected chi connectivity index (χ3v) is 3.64. The number of hydrogen-bond acceptors (Lipinski definition) is 2. The Hall–Kier alpha value is -0.0800. The maximum absolute atomic E-state index is 5.88. The summed E-state index contributed by atoms with van der Waals surface area (Å²) in [4.78, 5) is 2.46. The van der Waals surface area contributed by atoms with Gasteiger partial charge in [-0.3, -0.25) is 4.90 Å². The maximum Gasteiger partial charge on any atom is 0.0246 e. The Labute approximate surface area is 89.9 Å². The molecule has 0 bridgehead atoms. The van der Waals surface area contributed by atoms with Crippen LogP contribution in [0.15, 0.2) is 0 Å². The molecule has 0 aromatic heterocycles. The van der Waals surface area contributed by atoms with Crippen molar-refractivity contribution in [2.75, 3.05) is 13.6 Å². The van der Waals surface area contributed by atoms with Gasteiger partial charge in [0.2, 0.25) is 0 Å². The molecular formula is C12H28N2. The van der Waals surface area contributed by atoms with Crippen LogP contribution in [0.1, 0.15) is 47.0 Å². The van der Waals surface area contributed by atoms with Gasteiger partial charge in [-0.2, -0.15) is 0 Å². The first-order valence-corrected chi connectivity index (χ1v) is 6.04. The standard InChI is InChI=1S/C12H28N2/c1-6-10(4)14(5)12(9-13)11(7-2)8-3/h10-12H,6-9,13H2,1-5H3. The minimum absolute atomic E-state index is 0.556. The van der Waals surface area contributed by atoms with E-state index in [-0.39, 0.29) is 0 Å². The fraction of sp³-hybridized carbons (Fsp3) is 1.00. The van der Waals surface area contributed by atoms with E-state index in [0.717, 1.165) is 12.5 Å². The molecule has 86 valence electrons. The molecule has 0 saturated heterocycles. The van der Waals surface area contributed by atoms with Crippen molar-refractivity contribution in [2.45, 2.75) is 59.0 Å². The molecular weight excluding hydrogens is 172 g/mol. The molecule has 0 rings (SSSR count). The Morgan fingerprint density at radius 1 is 1.07 bits per heavy atom. The van der Waals surface area contributed by atoms with Crippen LogP contribution >= 0.6 is 0 Å². The largest absolute Gasteiger partial charge is 0.329 e. The van der Waals surface area contributed by atoms with Gasteiger partial charge in [-0.15, -0.1) is 0 Å². The van der Waals surface area contributed by atoms with Gasteiger partial charge in [0.05, 0.1) is 0 Å². The minimum Gasteiger partial charge on any atom is -0.329 e. The predicted octanol–water partition coefficient (Wildman–Crippen LogP) is 2.48. The Morgan fingerprint density at radius 2 is 1.57 bits per heavy atom. The highest BCUT2D eigenvalue weighted by Crippen LogP contribution is 2.19. The number of hydrogen-bond donors (Lipinski definition) is 1. The van der Waals surface area contributed by atoms with Gasteiger partial charge < -0.3 is 5.73 Å². The van der Waals surface area contributed by atoms with Crippen molar-refractivity contribution >= 4 is 0 Å². The van der Waals surface area contributed by atoms with E-state index in [2.05, 4.69) is 39.6 Å². The van der Waals surface area contributed by atoms with Crippen LogP contribution in [-0.2, 0) is 0 Å². The molecule has 0 saturated carbocycles. The van der Waals surface area contributed by atoms with Crippen LogP contribution in [0, 0.1) is 5.92 Å². The van der Waals surface area contributed by atoms with Crippen molar-refractivity contribution in [2.24, 2.45) is 11.7 Å². The van der Waals surface area contributed by atoms with Crippen LogP contribution in [0.25, 0.3) is 0 Å². The summed E-state index contributed by atoms with van der Waals surface area (Å²) in [6.07, 6.45) is 3.67. The summed E-state index contributed by atoms with van der Waals surface area (Å²) in [5, 5.41) is 0. The zero-order valence-corrected chi connectivity index (χ0v) is 10.6. The van der Waals surface area contributed by atoms with Gasteiger partial charge >= 0.3 is 0 Å². The third kappa shape index (κ3) is 3.58. The molecule has 0 radical (unpaired) electrons. The summed E-state index contributed by atoms with van der Waals surface area (Å²) >= 11 is 0. The topological polar surface area (TPSA) is 29.3 Å². The van der Waals surface area contributed by atoms with Gasteiger partial charge in [-0.25, -0.2) is 0 Å². The smallest absolute Gasteiger partial charge is 0.0246 e. The molecule has 2 atom stereocenters. The van der Waals surface area contributed by atoms with Gasteiger partial charge in [0.15, 0.2) is 0 Å². The lowest BCUT2D eigenvalue weighted by atomic mass is 9.92. The van der Waals surface area contributed by atoms with Crippen molar-refractivity contribution < 1.29 is 0 Å². The van der Waals surface area contributed by atoms with Crippen molar-refractivity contribution in [3.05, 3.63) is 0 Å². The molecule has 0 spiro atoms. The van der Waals surface area contributed by atoms with Crippen LogP contribution < -0.4 is 5.73 Å². The molecule has 0 aromatic rings. The van der Waals surface area contributed by atoms with Crippen LogP contribution in [0.3, 0.4) is 0 Å². The predicted molar refractivity (Wildman–Crippen MR) is 64.4 cm³/mol. The van der Waals surface area contributed by atoms with Crippen LogP contribution in [-0.4, -0.2) is 30.6 Å². The fourth-order valence-electron chi connectivity index (χ4n) is 2.14. The van der Waals surface area contributed by atoms with Gasteiger partial charge in [-0.05, 0) is 26.3 Å². The van der Waals surface area contributed by atoms with E-state index in [4.69, 9.17) is 5.73 Å². The van der Waals surface area contributed by atoms with Gasteiger partial charge in [0, 0.05) is 18.6 Å². The second-order valence-electron chi connectivity index (χ2n) is 4.30. The van der Waals surface area contributed by atoms with Crippen molar-refractivity contribution in [1.29, 1.82) is 0 Å². The molecule has 14 heavy (non-hydrogen) atoms. The lowest BCUT2D eigenvalue weighted by Gasteiger charge is -2.36. The van der Waals surface area contributed by atoms with Gasteiger partial charge in [0.1, 0.15) is 0 Å². The monoisotopic (exact) mass is 200 g/mol. The lowest BCUT2D eigenvalue weighted by Crippen LogP contribution is -2.47. The van der Waals surface area contributed by atoms with Crippen LogP contribution in [0.4, 0.5) is 0 Å². The Kier molecular flexibility index (Phi) is 7.20. The molecule has 0 heterocycles. The van der Waals surface area contributed by atoms with E-state index in [1.807, 2.05) is 0 Å². The zero-order valence-electron chi connectivity index (χ0n) is 10.6. The zero-order chi connectivity index (χ0) is 11.1. The molecule has 0 aromatic carbocycles. The molecule has 2 unspecified atom stereocenters. The summed E-state index contributed by atoms with van der Waals surface area (Å²) in [6, 6.07) is 1.20. The Balaban J connectivity index is 4.36. The van der Waals surface area contributed by atoms with Crippen molar-refractivity contribution in [1.82, 2.24) is 4.90 Å². The normalized spacial score (nSPS) is 16.3. The number of rotatable bonds is 7. The SMILES string of the molecule is CCC(CC)C(CN)N(C)C(C)CC. The second-order valence-corrected chi connectivity index (χ2v) is 4.30. The molecule has 0 fully saturated rings. The van der Waals surface area contributed by atoms with E-state index >= 15 is 0 Å². The van der Waals surface area contributed by atoms with E-state index in [9.17, 15) is 0 Å². The summed E-state index contributed by atoms with van der Waals surface area (Å²) in [5.41, 5.74) is 5.88. The first kappa shape index (κ1) is 13.9. The van der Waals surface area contributed by atoms with Crippen LogP contribution in [0.5, 0.6) is 0 Å². The van der Waals surface area contributed by atoms with E-state index in [0.29, 0.717) is 12.1 Å². The molecule has 0 aliphatic heterocycles. The van der Waals surface area contributed by atoms with Crippen molar-refractivity contribution in [3.63, 3.8) is 0 Å². The molecule has 2 heteroatoms. The van der Waals surface area contributed by atoms with Gasteiger partial charge in [0.25, 0.3) is 0 Å². The third-order valence-electron chi connectivity index (χ3n) is 3.64. The van der Waals surface area contributed by atoms with Crippen molar-refractivity contribution in [3.8, 4) is 0 Å². The molecule has 0 aliphatic rings. The second kappa shape index (κ2) is 7.24. The van der Waals surface area contributed by atoms with E-state index in [1.54, 1.807) is 0 Å². The molecule has 0 aliphatic carbocycles. The summed E-state index contributed by atoms with van der Waals surface area (Å²) in [5.74, 6) is 0.749. The minimum atomic E-state index is 0.556. The van der Waals surface area contributed by atoms with Crippen LogP contribution in [0.2, 0.25) is 0 Å². The summed E-state index contributed by atoms with van der Waals surface area (Å²) < 4.78 is 0. The fourth-order valence-corrected chi connectivity index (χ4v) is 2.14. The quantitative estimate of drug-likeness (QED) is 0.684.